The van der Waals surface area contributed by atoms with Crippen molar-refractivity contribution in [2.75, 3.05) is 12.4 Å². The molecule has 2 aromatic carbocycles. The van der Waals surface area contributed by atoms with Crippen LogP contribution in [0.15, 0.2) is 48.5 Å². The van der Waals surface area contributed by atoms with Gasteiger partial charge in [-0.1, -0.05) is 66.4 Å². The summed E-state index contributed by atoms with van der Waals surface area (Å²) >= 11 is 11.9. The lowest BCUT2D eigenvalue weighted by atomic mass is 10.0. The van der Waals surface area contributed by atoms with Crippen molar-refractivity contribution in [1.29, 1.82) is 0 Å². The molecular formula is C24H28Cl2N2O2. The molecule has 0 heterocycles. The number of nitrogens with one attached hydrogen (secondary N) is 1. The van der Waals surface area contributed by atoms with Crippen LogP contribution in [-0.4, -0.2) is 35.2 Å². The fourth-order valence-electron chi connectivity index (χ4n) is 3.95. The Morgan fingerprint density at radius 2 is 1.70 bits per heavy atom. The number of hydrogen-bond acceptors (Lipinski definition) is 2. The summed E-state index contributed by atoms with van der Waals surface area (Å²) in [6.45, 7) is 2.39. The summed E-state index contributed by atoms with van der Waals surface area (Å²) in [5.74, 6) is -0.558. The number of hydrogen-bond donors (Lipinski definition) is 1. The van der Waals surface area contributed by atoms with Gasteiger partial charge in [0.25, 0.3) is 0 Å². The summed E-state index contributed by atoms with van der Waals surface area (Å²) in [6.07, 6.45) is 4.84. The van der Waals surface area contributed by atoms with Gasteiger partial charge in [-0.05, 0) is 49.4 Å². The molecule has 0 aromatic heterocycles. The molecule has 1 saturated carbocycles. The van der Waals surface area contributed by atoms with Crippen LogP contribution in [0.3, 0.4) is 0 Å². The molecule has 1 N–H and O–H groups in total. The van der Waals surface area contributed by atoms with Gasteiger partial charge in [-0.2, -0.15) is 0 Å². The minimum absolute atomic E-state index is 0.139. The van der Waals surface area contributed by atoms with E-state index in [9.17, 15) is 9.59 Å². The third-order valence-electron chi connectivity index (χ3n) is 5.64. The molecule has 4 nitrogen and oxygen atoms in total. The molecule has 0 spiro atoms. The van der Waals surface area contributed by atoms with Crippen LogP contribution < -0.4 is 5.32 Å². The Labute approximate surface area is 188 Å². The van der Waals surface area contributed by atoms with Gasteiger partial charge in [-0.15, -0.1) is 11.6 Å². The van der Waals surface area contributed by atoms with Crippen LogP contribution in [0.25, 0.3) is 0 Å². The number of amides is 2. The Kier molecular flexibility index (Phi) is 8.17. The lowest BCUT2D eigenvalue weighted by Gasteiger charge is -2.32. The van der Waals surface area contributed by atoms with E-state index in [1.54, 1.807) is 4.90 Å². The summed E-state index contributed by atoms with van der Waals surface area (Å²) in [5.41, 5.74) is 2.95. The van der Waals surface area contributed by atoms with Crippen molar-refractivity contribution in [3.63, 3.8) is 0 Å². The highest BCUT2D eigenvalue weighted by Crippen LogP contribution is 2.25. The highest BCUT2D eigenvalue weighted by Gasteiger charge is 2.32. The smallest absolute Gasteiger partial charge is 0.247 e. The van der Waals surface area contributed by atoms with Gasteiger partial charge in [-0.3, -0.25) is 9.59 Å². The number of carbonyl (C=O) groups excluding carboxylic acids is 2. The van der Waals surface area contributed by atoms with E-state index >= 15 is 0 Å². The molecule has 0 unspecified atom stereocenters. The predicted molar refractivity (Wildman–Crippen MR) is 122 cm³/mol. The van der Waals surface area contributed by atoms with Crippen molar-refractivity contribution in [2.45, 2.75) is 51.1 Å². The second-order valence-electron chi connectivity index (χ2n) is 7.90. The first-order valence-corrected chi connectivity index (χ1v) is 11.4. The van der Waals surface area contributed by atoms with Gasteiger partial charge in [0.2, 0.25) is 11.8 Å². The van der Waals surface area contributed by atoms with Crippen molar-refractivity contribution in [3.05, 3.63) is 70.2 Å². The van der Waals surface area contributed by atoms with Gasteiger partial charge in [0.15, 0.2) is 0 Å². The average Bonchev–Trinajstić information content (AvgIpc) is 3.25. The zero-order valence-electron chi connectivity index (χ0n) is 17.2. The third-order valence-corrected chi connectivity index (χ3v) is 6.12. The Morgan fingerprint density at radius 1 is 1.07 bits per heavy atom. The lowest BCUT2D eigenvalue weighted by molar-refractivity contribution is -0.139. The SMILES string of the molecule is Cc1ccc([C@H](C(=O)NC2CCCC2)N(CCc2ccc(Cl)cc2)C(=O)CCl)cc1. The molecule has 0 bridgehead atoms. The molecule has 2 amide bonds. The molecule has 2 aromatic rings. The summed E-state index contributed by atoms with van der Waals surface area (Å²) < 4.78 is 0. The van der Waals surface area contributed by atoms with Gasteiger partial charge in [0.05, 0.1) is 0 Å². The number of benzene rings is 2. The molecule has 1 fully saturated rings. The normalized spacial score (nSPS) is 15.0. The van der Waals surface area contributed by atoms with E-state index in [-0.39, 0.29) is 23.7 Å². The molecule has 0 saturated heterocycles. The Morgan fingerprint density at radius 3 is 2.30 bits per heavy atom. The van der Waals surface area contributed by atoms with Crippen LogP contribution in [-0.2, 0) is 16.0 Å². The van der Waals surface area contributed by atoms with E-state index < -0.39 is 6.04 Å². The van der Waals surface area contributed by atoms with Gasteiger partial charge in [-0.25, -0.2) is 0 Å². The Balaban J connectivity index is 1.86. The molecule has 1 atom stereocenters. The monoisotopic (exact) mass is 446 g/mol. The van der Waals surface area contributed by atoms with Crippen LogP contribution >= 0.6 is 23.2 Å². The zero-order chi connectivity index (χ0) is 21.5. The molecule has 0 radical (unpaired) electrons. The Hall–Kier alpha value is -2.04. The fourth-order valence-corrected chi connectivity index (χ4v) is 4.23. The maximum absolute atomic E-state index is 13.3. The van der Waals surface area contributed by atoms with Gasteiger partial charge in [0.1, 0.15) is 11.9 Å². The summed E-state index contributed by atoms with van der Waals surface area (Å²) in [5, 5.41) is 3.83. The minimum atomic E-state index is -0.704. The van der Waals surface area contributed by atoms with Crippen LogP contribution in [0.1, 0.15) is 48.4 Å². The second kappa shape index (κ2) is 10.8. The topological polar surface area (TPSA) is 49.4 Å². The van der Waals surface area contributed by atoms with Crippen molar-refractivity contribution < 1.29 is 9.59 Å². The maximum Gasteiger partial charge on any atom is 0.247 e. The summed E-state index contributed by atoms with van der Waals surface area (Å²) in [6, 6.07) is 14.8. The second-order valence-corrected chi connectivity index (χ2v) is 8.60. The first-order valence-electron chi connectivity index (χ1n) is 10.4. The highest BCUT2D eigenvalue weighted by atomic mass is 35.5. The number of alkyl halides is 1. The molecule has 1 aliphatic carbocycles. The standard InChI is InChI=1S/C24H28Cl2N2O2/c1-17-6-10-19(11-7-17)23(24(30)27-21-4-2-3-5-21)28(22(29)16-25)15-14-18-8-12-20(26)13-9-18/h6-13,21,23H,2-5,14-16H2,1H3,(H,27,30)/t23-/m1/s1. The zero-order valence-corrected chi connectivity index (χ0v) is 18.8. The molecule has 30 heavy (non-hydrogen) atoms. The average molecular weight is 447 g/mol. The van der Waals surface area contributed by atoms with E-state index in [1.807, 2.05) is 55.5 Å². The molecule has 1 aliphatic rings. The lowest BCUT2D eigenvalue weighted by Crippen LogP contribution is -2.47. The van der Waals surface area contributed by atoms with Crippen LogP contribution in [0.2, 0.25) is 5.02 Å². The van der Waals surface area contributed by atoms with E-state index in [4.69, 9.17) is 23.2 Å². The van der Waals surface area contributed by atoms with Crippen LogP contribution in [0, 0.1) is 6.92 Å². The van der Waals surface area contributed by atoms with Gasteiger partial charge < -0.3 is 10.2 Å². The summed E-state index contributed by atoms with van der Waals surface area (Å²) in [7, 11) is 0. The number of rotatable bonds is 8. The van der Waals surface area contributed by atoms with Crippen molar-refractivity contribution >= 4 is 35.0 Å². The maximum atomic E-state index is 13.3. The predicted octanol–water partition coefficient (Wildman–Crippen LogP) is 5.06. The van der Waals surface area contributed by atoms with Crippen LogP contribution in [0.5, 0.6) is 0 Å². The number of halogens is 2. The Bertz CT molecular complexity index is 847. The van der Waals surface area contributed by atoms with E-state index in [1.165, 1.54) is 0 Å². The van der Waals surface area contributed by atoms with E-state index in [0.29, 0.717) is 18.0 Å². The van der Waals surface area contributed by atoms with Crippen molar-refractivity contribution in [1.82, 2.24) is 10.2 Å². The largest absolute Gasteiger partial charge is 0.351 e. The van der Waals surface area contributed by atoms with E-state index in [2.05, 4.69) is 5.32 Å². The number of nitrogens with zero attached hydrogens (tertiary/aromatic N) is 1. The molecule has 160 valence electrons. The minimum Gasteiger partial charge on any atom is -0.351 e. The van der Waals surface area contributed by atoms with Crippen molar-refractivity contribution in [2.24, 2.45) is 0 Å². The van der Waals surface area contributed by atoms with E-state index in [0.717, 1.165) is 42.4 Å². The number of aryl methyl sites for hydroxylation is 1. The first kappa shape index (κ1) is 22.6. The summed E-state index contributed by atoms with van der Waals surface area (Å²) in [4.78, 5) is 27.7. The van der Waals surface area contributed by atoms with Gasteiger partial charge >= 0.3 is 0 Å². The first-order chi connectivity index (χ1) is 14.5. The highest BCUT2D eigenvalue weighted by molar-refractivity contribution is 6.30. The van der Waals surface area contributed by atoms with Gasteiger partial charge in [0, 0.05) is 17.6 Å². The van der Waals surface area contributed by atoms with Crippen molar-refractivity contribution in [3.8, 4) is 0 Å². The molecule has 3 rings (SSSR count). The molecule has 0 aliphatic heterocycles. The third kappa shape index (κ3) is 5.99. The number of carbonyl (C=O) groups is 2. The fraction of sp³-hybridized carbons (Fsp3) is 0.417. The quantitative estimate of drug-likeness (QED) is 0.576. The molecule has 6 heteroatoms. The molecular weight excluding hydrogens is 419 g/mol. The van der Waals surface area contributed by atoms with Crippen LogP contribution in [0.4, 0.5) is 0 Å².